The number of thioether (sulfide) groups is 1. The van der Waals surface area contributed by atoms with Gasteiger partial charge >= 0.3 is 6.18 Å². The lowest BCUT2D eigenvalue weighted by atomic mass is 10.2. The minimum atomic E-state index is -4.67. The predicted octanol–water partition coefficient (Wildman–Crippen LogP) is 2.58. The van der Waals surface area contributed by atoms with Gasteiger partial charge in [0, 0.05) is 30.7 Å². The number of nitrogens with two attached hydrogens (primary N) is 1. The van der Waals surface area contributed by atoms with E-state index in [1.807, 2.05) is 0 Å². The molecule has 2 aliphatic rings. The van der Waals surface area contributed by atoms with Crippen LogP contribution in [0.5, 0.6) is 5.75 Å². The Bertz CT molecular complexity index is 1040. The molecule has 0 spiro atoms. The van der Waals surface area contributed by atoms with E-state index in [1.54, 1.807) is 18.2 Å². The van der Waals surface area contributed by atoms with E-state index < -0.39 is 23.6 Å². The van der Waals surface area contributed by atoms with Gasteiger partial charge in [-0.3, -0.25) is 9.69 Å². The lowest BCUT2D eigenvalue weighted by Crippen LogP contribution is -2.38. The number of hydrogen-bond acceptors (Lipinski definition) is 8. The summed E-state index contributed by atoms with van der Waals surface area (Å²) in [5, 5.41) is 3.27. The van der Waals surface area contributed by atoms with Crippen molar-refractivity contribution in [2.75, 3.05) is 44.8 Å². The second-order valence-corrected chi connectivity index (χ2v) is 8.07. The van der Waals surface area contributed by atoms with Crippen LogP contribution in [-0.4, -0.2) is 60.2 Å². The molecule has 3 N–H and O–H groups in total. The molecule has 170 valence electrons. The van der Waals surface area contributed by atoms with Gasteiger partial charge in [0.25, 0.3) is 5.91 Å². The zero-order valence-corrected chi connectivity index (χ0v) is 17.6. The number of amides is 1. The molecule has 3 heterocycles. The van der Waals surface area contributed by atoms with E-state index in [-0.39, 0.29) is 10.6 Å². The summed E-state index contributed by atoms with van der Waals surface area (Å²) < 4.78 is 50.2. The number of aromatic nitrogens is 2. The van der Waals surface area contributed by atoms with E-state index in [0.29, 0.717) is 31.3 Å². The molecule has 8 nitrogen and oxygen atoms in total. The van der Waals surface area contributed by atoms with Crippen molar-refractivity contribution >= 4 is 28.9 Å². The van der Waals surface area contributed by atoms with Crippen LogP contribution < -0.4 is 15.8 Å². The highest BCUT2D eigenvalue weighted by Gasteiger charge is 2.34. The highest BCUT2D eigenvalue weighted by molar-refractivity contribution is 8.04. The van der Waals surface area contributed by atoms with Crippen molar-refractivity contribution in [2.24, 2.45) is 5.73 Å². The lowest BCUT2D eigenvalue weighted by Gasteiger charge is -2.26. The molecule has 1 saturated heterocycles. The number of primary amides is 1. The number of morpholine rings is 1. The summed E-state index contributed by atoms with van der Waals surface area (Å²) in [4.78, 5) is 22.4. The molecular weight excluding hydrogens is 447 g/mol. The average Bonchev–Trinajstić information content (AvgIpc) is 3.16. The molecule has 0 radical (unpaired) electrons. The zero-order chi connectivity index (χ0) is 22.7. The maximum atomic E-state index is 13.0. The van der Waals surface area contributed by atoms with Gasteiger partial charge < -0.3 is 20.5 Å². The smallest absolute Gasteiger partial charge is 0.433 e. The first-order valence-electron chi connectivity index (χ1n) is 9.78. The van der Waals surface area contributed by atoms with Gasteiger partial charge in [-0.2, -0.15) is 13.2 Å². The van der Waals surface area contributed by atoms with Crippen LogP contribution in [0.2, 0.25) is 0 Å². The van der Waals surface area contributed by atoms with Gasteiger partial charge in [-0.05, 0) is 24.3 Å². The summed E-state index contributed by atoms with van der Waals surface area (Å²) in [5.41, 5.74) is 4.77. The van der Waals surface area contributed by atoms with E-state index in [1.165, 1.54) is 0 Å². The van der Waals surface area contributed by atoms with Crippen LogP contribution in [0.3, 0.4) is 0 Å². The first kappa shape index (κ1) is 22.4. The van der Waals surface area contributed by atoms with Gasteiger partial charge in [-0.1, -0.05) is 11.8 Å². The van der Waals surface area contributed by atoms with Crippen molar-refractivity contribution in [3.63, 3.8) is 0 Å². The van der Waals surface area contributed by atoms with Crippen molar-refractivity contribution in [1.82, 2.24) is 14.9 Å². The molecule has 0 aliphatic carbocycles. The van der Waals surface area contributed by atoms with Crippen LogP contribution in [0.4, 0.5) is 18.9 Å². The van der Waals surface area contributed by atoms with E-state index in [0.717, 1.165) is 48.6 Å². The SMILES string of the molecule is NC(=O)/C(=C1\Nc2ccc(OCCN3CCOCC3)cc2S1)c1nccc(C(F)(F)F)n1. The number of nitrogens with one attached hydrogen (secondary N) is 1. The fraction of sp³-hybridized carbons (Fsp3) is 0.350. The number of carbonyl (C=O) groups is 1. The van der Waals surface area contributed by atoms with Crippen molar-refractivity contribution < 1.29 is 27.4 Å². The van der Waals surface area contributed by atoms with Crippen LogP contribution in [-0.2, 0) is 15.7 Å². The second-order valence-electron chi connectivity index (χ2n) is 7.02. The maximum absolute atomic E-state index is 13.0. The molecule has 0 unspecified atom stereocenters. The Hall–Kier alpha value is -2.83. The lowest BCUT2D eigenvalue weighted by molar-refractivity contribution is -0.141. The molecule has 0 bridgehead atoms. The third-order valence-corrected chi connectivity index (χ3v) is 5.90. The molecule has 2 aromatic rings. The largest absolute Gasteiger partial charge is 0.492 e. The predicted molar refractivity (Wildman–Crippen MR) is 112 cm³/mol. The Balaban J connectivity index is 1.50. The van der Waals surface area contributed by atoms with E-state index in [2.05, 4.69) is 20.2 Å². The highest BCUT2D eigenvalue weighted by atomic mass is 32.2. The number of halogens is 3. The van der Waals surface area contributed by atoms with Crippen LogP contribution in [0.25, 0.3) is 5.57 Å². The molecule has 4 rings (SSSR count). The van der Waals surface area contributed by atoms with Crippen molar-refractivity contribution in [2.45, 2.75) is 11.1 Å². The Morgan fingerprint density at radius 3 is 2.78 bits per heavy atom. The highest BCUT2D eigenvalue weighted by Crippen LogP contribution is 2.45. The molecule has 32 heavy (non-hydrogen) atoms. The van der Waals surface area contributed by atoms with Crippen LogP contribution in [0.1, 0.15) is 11.5 Å². The first-order chi connectivity index (χ1) is 15.3. The summed E-state index contributed by atoms with van der Waals surface area (Å²) in [6.07, 6.45) is -3.72. The Morgan fingerprint density at radius 2 is 2.06 bits per heavy atom. The number of nitrogens with zero attached hydrogens (tertiary/aromatic N) is 3. The fourth-order valence-corrected chi connectivity index (χ4v) is 4.31. The number of alkyl halides is 3. The Labute approximate surface area is 186 Å². The van der Waals surface area contributed by atoms with Gasteiger partial charge in [0.1, 0.15) is 23.6 Å². The van der Waals surface area contributed by atoms with E-state index in [9.17, 15) is 18.0 Å². The minimum absolute atomic E-state index is 0.216. The van der Waals surface area contributed by atoms with Crippen LogP contribution in [0.15, 0.2) is 40.4 Å². The molecule has 12 heteroatoms. The number of anilines is 1. The number of ether oxygens (including phenoxy) is 2. The normalized spacial score (nSPS) is 18.1. The van der Waals surface area contributed by atoms with E-state index in [4.69, 9.17) is 15.2 Å². The summed E-state index contributed by atoms with van der Waals surface area (Å²) in [6.45, 7) is 4.45. The maximum Gasteiger partial charge on any atom is 0.433 e. The molecule has 1 amide bonds. The summed E-state index contributed by atoms with van der Waals surface area (Å²) in [6, 6.07) is 6.08. The van der Waals surface area contributed by atoms with Crippen molar-refractivity contribution in [3.8, 4) is 5.75 Å². The first-order valence-corrected chi connectivity index (χ1v) is 10.6. The molecule has 1 fully saturated rings. The topological polar surface area (TPSA) is 103 Å². The summed E-state index contributed by atoms with van der Waals surface area (Å²) in [7, 11) is 0. The number of carbonyl (C=O) groups excluding carboxylic acids is 1. The Kier molecular flexibility index (Phi) is 6.53. The molecule has 0 atom stereocenters. The van der Waals surface area contributed by atoms with Gasteiger partial charge in [-0.15, -0.1) is 0 Å². The van der Waals surface area contributed by atoms with E-state index >= 15 is 0 Å². The number of rotatable bonds is 6. The average molecular weight is 467 g/mol. The van der Waals surface area contributed by atoms with Crippen molar-refractivity contribution in [1.29, 1.82) is 0 Å². The summed E-state index contributed by atoms with van der Waals surface area (Å²) >= 11 is 1.16. The molecular formula is C20H20F3N5O3S. The molecule has 1 aromatic heterocycles. The van der Waals surface area contributed by atoms with Crippen LogP contribution in [0, 0.1) is 0 Å². The van der Waals surface area contributed by atoms with Gasteiger partial charge in [0.15, 0.2) is 5.82 Å². The fourth-order valence-electron chi connectivity index (χ4n) is 3.23. The Morgan fingerprint density at radius 1 is 1.28 bits per heavy atom. The monoisotopic (exact) mass is 467 g/mol. The van der Waals surface area contributed by atoms with Gasteiger partial charge in [0.2, 0.25) is 0 Å². The van der Waals surface area contributed by atoms with Gasteiger partial charge in [0.05, 0.1) is 23.9 Å². The van der Waals surface area contributed by atoms with Crippen LogP contribution >= 0.6 is 11.8 Å². The summed E-state index contributed by atoms with van der Waals surface area (Å²) in [5.74, 6) is -0.685. The number of hydrogen-bond donors (Lipinski definition) is 2. The minimum Gasteiger partial charge on any atom is -0.492 e. The molecule has 2 aliphatic heterocycles. The second kappa shape index (κ2) is 9.35. The van der Waals surface area contributed by atoms with Crippen molar-refractivity contribution in [3.05, 3.63) is 47.0 Å². The standard InChI is InChI=1S/C20H20F3N5O3S/c21-20(22,23)15-3-4-25-18(27-15)16(17(24)29)19-26-13-2-1-12(11-14(13)32-19)31-10-7-28-5-8-30-9-6-28/h1-4,11,26H,5-10H2,(H2,24,29)/b19-16-. The molecule has 1 aromatic carbocycles. The number of benzene rings is 1. The third-order valence-electron chi connectivity index (χ3n) is 4.84. The zero-order valence-electron chi connectivity index (χ0n) is 16.8. The third kappa shape index (κ3) is 5.14. The molecule has 0 saturated carbocycles. The van der Waals surface area contributed by atoms with Gasteiger partial charge in [-0.25, -0.2) is 9.97 Å². The quantitative estimate of drug-likeness (QED) is 0.625. The number of fused-ring (bicyclic) bond motifs is 1.